The van der Waals surface area contributed by atoms with Crippen LogP contribution in [0.4, 0.5) is 5.69 Å². The third kappa shape index (κ3) is 10.7. The van der Waals surface area contributed by atoms with Gasteiger partial charge in [0, 0.05) is 44.2 Å². The van der Waals surface area contributed by atoms with E-state index in [-0.39, 0.29) is 5.91 Å². The van der Waals surface area contributed by atoms with Crippen molar-refractivity contribution in [1.29, 1.82) is 0 Å². The Balaban J connectivity index is 0.000000839. The number of methoxy groups -OCH3 is 2. The molecule has 0 aliphatic carbocycles. The zero-order valence-electron chi connectivity index (χ0n) is 24.6. The van der Waals surface area contributed by atoms with Gasteiger partial charge in [0.15, 0.2) is 6.10 Å². The van der Waals surface area contributed by atoms with Gasteiger partial charge in [-0.05, 0) is 50.3 Å². The molecule has 0 aromatic heterocycles. The van der Waals surface area contributed by atoms with Crippen molar-refractivity contribution in [2.45, 2.75) is 56.8 Å². The van der Waals surface area contributed by atoms with E-state index in [4.69, 9.17) is 14.2 Å². The van der Waals surface area contributed by atoms with Crippen LogP contribution in [0.5, 0.6) is 5.75 Å². The van der Waals surface area contributed by atoms with E-state index < -0.39 is 17.3 Å². The molecule has 0 fully saturated rings. The molecule has 39 heavy (non-hydrogen) atoms. The quantitative estimate of drug-likeness (QED) is 0.210. The Bertz CT molecular complexity index is 1020. The summed E-state index contributed by atoms with van der Waals surface area (Å²) in [4.78, 5) is 41.4. The Hall–Kier alpha value is -2.88. The van der Waals surface area contributed by atoms with Crippen LogP contribution in [0, 0.1) is 0 Å². The first-order valence-electron chi connectivity index (χ1n) is 13.3. The van der Waals surface area contributed by atoms with E-state index in [1.165, 1.54) is 31.5 Å². The van der Waals surface area contributed by atoms with Gasteiger partial charge < -0.3 is 24.0 Å². The van der Waals surface area contributed by atoms with Gasteiger partial charge in [0.05, 0.1) is 18.0 Å². The smallest absolute Gasteiger partial charge is 0.303 e. The summed E-state index contributed by atoms with van der Waals surface area (Å²) in [6, 6.07) is 12.7. The molecule has 1 aliphatic rings. The van der Waals surface area contributed by atoms with Gasteiger partial charge in [-0.2, -0.15) is 0 Å². The maximum atomic E-state index is 13.7. The number of thioether (sulfide) groups is 1. The van der Waals surface area contributed by atoms with Crippen molar-refractivity contribution in [3.63, 3.8) is 0 Å². The number of hydrogen-bond acceptors (Lipinski definition) is 8. The van der Waals surface area contributed by atoms with Gasteiger partial charge in [0.1, 0.15) is 12.0 Å². The van der Waals surface area contributed by atoms with E-state index in [1.54, 1.807) is 31.3 Å². The van der Waals surface area contributed by atoms with Gasteiger partial charge in [-0.15, -0.1) is 11.8 Å². The van der Waals surface area contributed by atoms with Crippen LogP contribution < -0.4 is 9.64 Å². The fraction of sp³-hybridized carbons (Fsp3) is 0.500. The summed E-state index contributed by atoms with van der Waals surface area (Å²) >= 11 is 1.45. The van der Waals surface area contributed by atoms with Crippen molar-refractivity contribution in [2.75, 3.05) is 52.9 Å². The van der Waals surface area contributed by atoms with Crippen LogP contribution in [0.15, 0.2) is 47.4 Å². The lowest BCUT2D eigenvalue weighted by Crippen LogP contribution is -2.45. The molecule has 1 amide bonds. The van der Waals surface area contributed by atoms with Gasteiger partial charge in [-0.25, -0.2) is 0 Å². The highest BCUT2D eigenvalue weighted by atomic mass is 32.2. The van der Waals surface area contributed by atoms with Crippen LogP contribution in [0.25, 0.3) is 0 Å². The van der Waals surface area contributed by atoms with E-state index in [1.807, 2.05) is 63.2 Å². The molecule has 2 aromatic carbocycles. The maximum absolute atomic E-state index is 13.7. The SMILES string of the molecule is CC.CCCCOC.COc1ccc(C2Sc3ccc(C=O)cc3N(CCN(C)C)C(=O)C2OC(C)=O)cc1. The van der Waals surface area contributed by atoms with Gasteiger partial charge in [0.25, 0.3) is 5.91 Å². The number of likely N-dealkylation sites (N-methyl/N-ethyl adjacent to an activating group) is 1. The zero-order chi connectivity index (χ0) is 29.4. The number of esters is 1. The van der Waals surface area contributed by atoms with Crippen LogP contribution in [-0.2, 0) is 19.1 Å². The number of anilines is 1. The van der Waals surface area contributed by atoms with E-state index in [2.05, 4.69) is 6.92 Å². The minimum Gasteiger partial charge on any atom is -0.497 e. The normalized spacial score (nSPS) is 16.1. The van der Waals surface area contributed by atoms with Crippen molar-refractivity contribution in [3.05, 3.63) is 53.6 Å². The van der Waals surface area contributed by atoms with Crippen LogP contribution in [0.1, 0.15) is 61.7 Å². The van der Waals surface area contributed by atoms with Crippen molar-refractivity contribution >= 4 is 35.6 Å². The predicted molar refractivity (Wildman–Crippen MR) is 158 cm³/mol. The average Bonchev–Trinajstić information content (AvgIpc) is 3.05. The summed E-state index contributed by atoms with van der Waals surface area (Å²) in [5, 5.41) is -0.451. The molecule has 2 unspecified atom stereocenters. The molecule has 3 rings (SSSR count). The number of carbonyl (C=O) groups is 3. The van der Waals surface area contributed by atoms with Gasteiger partial charge >= 0.3 is 5.97 Å². The zero-order valence-corrected chi connectivity index (χ0v) is 25.4. The number of ether oxygens (including phenoxy) is 3. The van der Waals surface area contributed by atoms with Crippen LogP contribution in [0.2, 0.25) is 0 Å². The van der Waals surface area contributed by atoms with Crippen LogP contribution in [0.3, 0.4) is 0 Å². The summed E-state index contributed by atoms with van der Waals surface area (Å²) in [5.41, 5.74) is 1.97. The van der Waals surface area contributed by atoms with E-state index in [0.29, 0.717) is 30.1 Å². The molecule has 0 spiro atoms. The summed E-state index contributed by atoms with van der Waals surface area (Å²) in [6.07, 6.45) is 2.17. The minimum absolute atomic E-state index is 0.313. The highest BCUT2D eigenvalue weighted by Crippen LogP contribution is 2.47. The highest BCUT2D eigenvalue weighted by molar-refractivity contribution is 7.99. The lowest BCUT2D eigenvalue weighted by molar-refractivity contribution is -0.152. The number of carbonyl (C=O) groups excluding carboxylic acids is 3. The Morgan fingerprint density at radius 2 is 1.77 bits per heavy atom. The molecule has 2 atom stereocenters. The van der Waals surface area contributed by atoms with Crippen molar-refractivity contribution in [3.8, 4) is 5.75 Å². The molecular formula is C30H44N2O6S. The third-order valence-corrected chi connectivity index (χ3v) is 7.03. The third-order valence-electron chi connectivity index (χ3n) is 5.66. The monoisotopic (exact) mass is 560 g/mol. The maximum Gasteiger partial charge on any atom is 0.303 e. The second-order valence-corrected chi connectivity index (χ2v) is 10.0. The Kier molecular flexibility index (Phi) is 16.1. The first kappa shape index (κ1) is 34.1. The molecule has 0 saturated heterocycles. The fourth-order valence-electron chi connectivity index (χ4n) is 3.67. The van der Waals surface area contributed by atoms with E-state index in [0.717, 1.165) is 23.4 Å². The molecule has 216 valence electrons. The molecule has 8 nitrogen and oxygen atoms in total. The Labute approximate surface area is 238 Å². The number of aldehydes is 1. The first-order chi connectivity index (χ1) is 18.7. The highest BCUT2D eigenvalue weighted by Gasteiger charge is 2.40. The van der Waals surface area contributed by atoms with Crippen molar-refractivity contribution in [2.24, 2.45) is 0 Å². The lowest BCUT2D eigenvalue weighted by atomic mass is 10.1. The molecule has 0 saturated carbocycles. The number of rotatable bonds is 10. The number of hydrogen-bond donors (Lipinski definition) is 0. The minimum atomic E-state index is -1.01. The number of benzene rings is 2. The average molecular weight is 561 g/mol. The molecular weight excluding hydrogens is 516 g/mol. The molecule has 0 radical (unpaired) electrons. The summed E-state index contributed by atoms with van der Waals surface area (Å²) in [6.45, 7) is 9.38. The van der Waals surface area contributed by atoms with E-state index in [9.17, 15) is 14.4 Å². The van der Waals surface area contributed by atoms with Crippen molar-refractivity contribution in [1.82, 2.24) is 4.90 Å². The Morgan fingerprint density at radius 1 is 1.10 bits per heavy atom. The molecule has 1 heterocycles. The molecule has 9 heteroatoms. The van der Waals surface area contributed by atoms with Crippen LogP contribution >= 0.6 is 11.8 Å². The van der Waals surface area contributed by atoms with Crippen molar-refractivity contribution < 1.29 is 28.6 Å². The Morgan fingerprint density at radius 3 is 2.26 bits per heavy atom. The van der Waals surface area contributed by atoms with Gasteiger partial charge in [-0.3, -0.25) is 14.4 Å². The number of nitrogens with zero attached hydrogens (tertiary/aromatic N) is 2. The molecule has 0 bridgehead atoms. The topological polar surface area (TPSA) is 85.4 Å². The fourth-order valence-corrected chi connectivity index (χ4v) is 4.96. The second-order valence-electron chi connectivity index (χ2n) is 8.83. The summed E-state index contributed by atoms with van der Waals surface area (Å²) in [7, 11) is 7.16. The van der Waals surface area contributed by atoms with Gasteiger partial charge in [0.2, 0.25) is 0 Å². The number of amides is 1. The summed E-state index contributed by atoms with van der Waals surface area (Å²) in [5.74, 6) is -0.141. The summed E-state index contributed by atoms with van der Waals surface area (Å²) < 4.78 is 15.6. The largest absolute Gasteiger partial charge is 0.497 e. The lowest BCUT2D eigenvalue weighted by Gasteiger charge is -2.28. The molecule has 1 aliphatic heterocycles. The van der Waals surface area contributed by atoms with Crippen LogP contribution in [-0.4, -0.2) is 77.2 Å². The first-order valence-corrected chi connectivity index (χ1v) is 14.2. The predicted octanol–water partition coefficient (Wildman–Crippen LogP) is 5.64. The second kappa shape index (κ2) is 18.4. The molecule has 2 aromatic rings. The van der Waals surface area contributed by atoms with Gasteiger partial charge in [-0.1, -0.05) is 45.4 Å². The standard InChI is InChI=1S/C23H26N2O5S.C5H12O.C2H6/c1-15(27)30-21-22(17-6-8-18(29-4)9-7-17)31-20-10-5-16(14-26)13-19(20)25(23(21)28)12-11-24(2)3;1-3-4-5-6-2;1-2/h5-10,13-14,21-22H,11-12H2,1-4H3;3-5H2,1-2H3;1-2H3. The number of unbranched alkanes of at least 4 members (excludes halogenated alkanes) is 1. The number of fused-ring (bicyclic) bond motifs is 1. The van der Waals surface area contributed by atoms with E-state index >= 15 is 0 Å². The molecule has 0 N–H and O–H groups in total.